The summed E-state index contributed by atoms with van der Waals surface area (Å²) in [5, 5.41) is 9.25. The minimum atomic E-state index is 0.627. The molecular weight excluding hydrogens is 234 g/mol. The zero-order chi connectivity index (χ0) is 13.8. The van der Waals surface area contributed by atoms with Gasteiger partial charge in [0.25, 0.3) is 0 Å². The first-order valence-electron chi connectivity index (χ1n) is 7.19. The molecule has 1 fully saturated rings. The Morgan fingerprint density at radius 2 is 2.11 bits per heavy atom. The maximum atomic E-state index is 9.25. The quantitative estimate of drug-likeness (QED) is 0.831. The molecule has 1 atom stereocenters. The molecule has 1 unspecified atom stereocenters. The first-order valence-corrected chi connectivity index (χ1v) is 7.19. The number of nitriles is 1. The standard InChI is InChI=1S/C16H23N3/c1-4-18(5-2)15-8-9-19(12-15)16-10-13(3)6-7-14(16)11-17/h6-7,10,15H,4-5,8-9,12H2,1-3H3. The number of hydrogen-bond acceptors (Lipinski definition) is 3. The SMILES string of the molecule is CCN(CC)C1CCN(c2cc(C)ccc2C#N)C1. The van der Waals surface area contributed by atoms with Gasteiger partial charge in [0.1, 0.15) is 6.07 Å². The zero-order valence-electron chi connectivity index (χ0n) is 12.2. The maximum absolute atomic E-state index is 9.25. The Balaban J connectivity index is 2.17. The molecular formula is C16H23N3. The van der Waals surface area contributed by atoms with E-state index in [0.717, 1.165) is 37.4 Å². The molecule has 1 aromatic rings. The van der Waals surface area contributed by atoms with Gasteiger partial charge in [0.05, 0.1) is 11.3 Å². The summed E-state index contributed by atoms with van der Waals surface area (Å²) >= 11 is 0. The van der Waals surface area contributed by atoms with Crippen molar-refractivity contribution < 1.29 is 0 Å². The Bertz CT molecular complexity index is 471. The highest BCUT2D eigenvalue weighted by Gasteiger charge is 2.27. The van der Waals surface area contributed by atoms with Gasteiger partial charge in [-0.2, -0.15) is 5.26 Å². The molecule has 1 aromatic carbocycles. The Kier molecular flexibility index (Phi) is 4.44. The first kappa shape index (κ1) is 13.9. The fraction of sp³-hybridized carbons (Fsp3) is 0.562. The van der Waals surface area contributed by atoms with Crippen molar-refractivity contribution in [2.45, 2.75) is 33.2 Å². The number of anilines is 1. The highest BCUT2D eigenvalue weighted by atomic mass is 15.2. The van der Waals surface area contributed by atoms with Crippen molar-refractivity contribution in [2.75, 3.05) is 31.1 Å². The van der Waals surface area contributed by atoms with E-state index in [9.17, 15) is 5.26 Å². The summed E-state index contributed by atoms with van der Waals surface area (Å²) in [5.41, 5.74) is 3.13. The molecule has 0 bridgehead atoms. The molecule has 0 amide bonds. The molecule has 0 saturated carbocycles. The second kappa shape index (κ2) is 6.08. The maximum Gasteiger partial charge on any atom is 0.101 e. The van der Waals surface area contributed by atoms with Gasteiger partial charge in [-0.1, -0.05) is 19.9 Å². The van der Waals surface area contributed by atoms with Crippen LogP contribution < -0.4 is 4.90 Å². The van der Waals surface area contributed by atoms with E-state index in [4.69, 9.17) is 0 Å². The largest absolute Gasteiger partial charge is 0.369 e. The molecule has 0 N–H and O–H groups in total. The van der Waals surface area contributed by atoms with E-state index in [-0.39, 0.29) is 0 Å². The number of benzene rings is 1. The minimum absolute atomic E-state index is 0.627. The smallest absolute Gasteiger partial charge is 0.101 e. The van der Waals surface area contributed by atoms with Gasteiger partial charge in [0.2, 0.25) is 0 Å². The number of nitrogens with zero attached hydrogens (tertiary/aromatic N) is 3. The number of rotatable bonds is 4. The van der Waals surface area contributed by atoms with E-state index >= 15 is 0 Å². The predicted molar refractivity (Wildman–Crippen MR) is 79.4 cm³/mol. The van der Waals surface area contributed by atoms with Crippen LogP contribution in [-0.4, -0.2) is 37.1 Å². The van der Waals surface area contributed by atoms with Gasteiger partial charge in [-0.25, -0.2) is 0 Å². The lowest BCUT2D eigenvalue weighted by Gasteiger charge is -2.27. The Morgan fingerprint density at radius 1 is 1.37 bits per heavy atom. The molecule has 1 heterocycles. The van der Waals surface area contributed by atoms with E-state index in [0.29, 0.717) is 6.04 Å². The second-order valence-corrected chi connectivity index (χ2v) is 5.24. The summed E-state index contributed by atoms with van der Waals surface area (Å²) in [6.07, 6.45) is 1.19. The molecule has 1 aliphatic heterocycles. The predicted octanol–water partition coefficient (Wildman–Crippen LogP) is 2.79. The zero-order valence-corrected chi connectivity index (χ0v) is 12.2. The van der Waals surface area contributed by atoms with Gasteiger partial charge >= 0.3 is 0 Å². The fourth-order valence-corrected chi connectivity index (χ4v) is 3.00. The molecule has 102 valence electrons. The van der Waals surface area contributed by atoms with Crippen molar-refractivity contribution in [3.05, 3.63) is 29.3 Å². The van der Waals surface area contributed by atoms with Gasteiger partial charge in [0.15, 0.2) is 0 Å². The Hall–Kier alpha value is -1.53. The lowest BCUT2D eigenvalue weighted by molar-refractivity contribution is 0.232. The first-order chi connectivity index (χ1) is 9.19. The molecule has 3 heteroatoms. The molecule has 0 spiro atoms. The van der Waals surface area contributed by atoms with E-state index in [2.05, 4.69) is 42.7 Å². The molecule has 1 aliphatic rings. The molecule has 3 nitrogen and oxygen atoms in total. The van der Waals surface area contributed by atoms with E-state index in [1.165, 1.54) is 12.0 Å². The van der Waals surface area contributed by atoms with Gasteiger partial charge in [-0.15, -0.1) is 0 Å². The van der Waals surface area contributed by atoms with Crippen LogP contribution in [0.25, 0.3) is 0 Å². The van der Waals surface area contributed by atoms with E-state index in [1.807, 2.05) is 12.1 Å². The fourth-order valence-electron chi connectivity index (χ4n) is 3.00. The lowest BCUT2D eigenvalue weighted by atomic mass is 10.1. The average Bonchev–Trinajstić information content (AvgIpc) is 2.89. The summed E-state index contributed by atoms with van der Waals surface area (Å²) in [7, 11) is 0. The van der Waals surface area contributed by atoms with Crippen LogP contribution in [0.1, 0.15) is 31.4 Å². The second-order valence-electron chi connectivity index (χ2n) is 5.24. The molecule has 0 radical (unpaired) electrons. The van der Waals surface area contributed by atoms with Crippen molar-refractivity contribution >= 4 is 5.69 Å². The number of aryl methyl sites for hydroxylation is 1. The Labute approximate surface area is 116 Å². The van der Waals surface area contributed by atoms with Gasteiger partial charge < -0.3 is 4.90 Å². The van der Waals surface area contributed by atoms with Crippen LogP contribution in [0, 0.1) is 18.3 Å². The van der Waals surface area contributed by atoms with Gasteiger partial charge in [0, 0.05) is 19.1 Å². The third-order valence-corrected chi connectivity index (χ3v) is 4.11. The van der Waals surface area contributed by atoms with Crippen LogP contribution in [-0.2, 0) is 0 Å². The van der Waals surface area contributed by atoms with E-state index in [1.54, 1.807) is 0 Å². The van der Waals surface area contributed by atoms with Crippen LogP contribution in [0.15, 0.2) is 18.2 Å². The van der Waals surface area contributed by atoms with Crippen molar-refractivity contribution in [1.29, 1.82) is 5.26 Å². The summed E-state index contributed by atoms with van der Waals surface area (Å²) in [4.78, 5) is 4.89. The highest BCUT2D eigenvalue weighted by Crippen LogP contribution is 2.27. The third-order valence-electron chi connectivity index (χ3n) is 4.11. The van der Waals surface area contributed by atoms with Crippen LogP contribution in [0.3, 0.4) is 0 Å². The van der Waals surface area contributed by atoms with Gasteiger partial charge in [-0.3, -0.25) is 4.90 Å². The van der Waals surface area contributed by atoms with Crippen molar-refractivity contribution in [2.24, 2.45) is 0 Å². The van der Waals surface area contributed by atoms with Crippen LogP contribution >= 0.6 is 0 Å². The lowest BCUT2D eigenvalue weighted by Crippen LogP contribution is -2.37. The summed E-state index contributed by atoms with van der Waals surface area (Å²) < 4.78 is 0. The van der Waals surface area contributed by atoms with Gasteiger partial charge in [-0.05, 0) is 44.1 Å². The summed E-state index contributed by atoms with van der Waals surface area (Å²) in [6, 6.07) is 9.04. The van der Waals surface area contributed by atoms with Crippen molar-refractivity contribution in [3.8, 4) is 6.07 Å². The monoisotopic (exact) mass is 257 g/mol. The molecule has 0 aliphatic carbocycles. The van der Waals surface area contributed by atoms with Crippen molar-refractivity contribution in [1.82, 2.24) is 4.90 Å². The molecule has 19 heavy (non-hydrogen) atoms. The molecule has 0 aromatic heterocycles. The normalized spacial score (nSPS) is 18.9. The van der Waals surface area contributed by atoms with Crippen LogP contribution in [0.5, 0.6) is 0 Å². The van der Waals surface area contributed by atoms with Crippen molar-refractivity contribution in [3.63, 3.8) is 0 Å². The Morgan fingerprint density at radius 3 is 2.74 bits per heavy atom. The summed E-state index contributed by atoms with van der Waals surface area (Å²) in [6.45, 7) is 10.8. The average molecular weight is 257 g/mol. The number of hydrogen-bond donors (Lipinski definition) is 0. The summed E-state index contributed by atoms with van der Waals surface area (Å²) in [5.74, 6) is 0. The number of likely N-dealkylation sites (N-methyl/N-ethyl adjacent to an activating group) is 1. The molecule has 2 rings (SSSR count). The van der Waals surface area contributed by atoms with E-state index < -0.39 is 0 Å². The third kappa shape index (κ3) is 2.90. The molecule has 1 saturated heterocycles. The topological polar surface area (TPSA) is 30.3 Å². The van der Waals surface area contributed by atoms with Crippen LogP contribution in [0.2, 0.25) is 0 Å². The van der Waals surface area contributed by atoms with Crippen LogP contribution in [0.4, 0.5) is 5.69 Å². The minimum Gasteiger partial charge on any atom is -0.369 e. The highest BCUT2D eigenvalue weighted by molar-refractivity contribution is 5.61.